The van der Waals surface area contributed by atoms with E-state index in [1.165, 1.54) is 12.4 Å². The van der Waals surface area contributed by atoms with Crippen molar-refractivity contribution in [1.29, 1.82) is 0 Å². The lowest BCUT2D eigenvalue weighted by molar-refractivity contribution is 0.0792. The molecule has 0 saturated carbocycles. The van der Waals surface area contributed by atoms with Crippen LogP contribution in [0.1, 0.15) is 39.1 Å². The van der Waals surface area contributed by atoms with Crippen LogP contribution in [0, 0.1) is 6.92 Å². The lowest BCUT2D eigenvalue weighted by Crippen LogP contribution is -2.28. The van der Waals surface area contributed by atoms with Crippen molar-refractivity contribution in [2.24, 2.45) is 0 Å². The highest BCUT2D eigenvalue weighted by Crippen LogP contribution is 2.15. The minimum Gasteiger partial charge on any atom is -0.339 e. The van der Waals surface area contributed by atoms with Gasteiger partial charge in [-0.2, -0.15) is 0 Å². The summed E-state index contributed by atoms with van der Waals surface area (Å²) in [6, 6.07) is 9.17. The maximum Gasteiger partial charge on any atom is 0.257 e. The van der Waals surface area contributed by atoms with E-state index in [-0.39, 0.29) is 11.8 Å². The van der Waals surface area contributed by atoms with Crippen LogP contribution in [0.2, 0.25) is 0 Å². The third-order valence-electron chi connectivity index (χ3n) is 3.95. The molecule has 0 unspecified atom stereocenters. The first-order valence-corrected chi connectivity index (χ1v) is 7.76. The Morgan fingerprint density at radius 2 is 1.70 bits per heavy atom. The van der Waals surface area contributed by atoms with Gasteiger partial charge in [-0.1, -0.05) is 17.7 Å². The molecule has 0 bridgehead atoms. The Bertz CT molecular complexity index is 719. The number of hydrogen-bond acceptors (Lipinski definition) is 3. The second-order valence-corrected chi connectivity index (χ2v) is 5.78. The van der Waals surface area contributed by atoms with Crippen molar-refractivity contribution in [2.45, 2.75) is 19.8 Å². The summed E-state index contributed by atoms with van der Waals surface area (Å²) in [7, 11) is 0. The van der Waals surface area contributed by atoms with Crippen molar-refractivity contribution in [3.8, 4) is 0 Å². The molecule has 2 heterocycles. The topological polar surface area (TPSA) is 62.3 Å². The minimum atomic E-state index is -0.266. The zero-order chi connectivity index (χ0) is 16.2. The molecule has 1 aliphatic heterocycles. The number of nitrogens with one attached hydrogen (secondary N) is 1. The predicted molar refractivity (Wildman–Crippen MR) is 88.5 cm³/mol. The minimum absolute atomic E-state index is 0.0556. The molecule has 1 saturated heterocycles. The van der Waals surface area contributed by atoms with Gasteiger partial charge in [0.05, 0.1) is 11.1 Å². The number of likely N-dealkylation sites (tertiary alicyclic amines) is 1. The van der Waals surface area contributed by atoms with Gasteiger partial charge in [0, 0.05) is 31.2 Å². The van der Waals surface area contributed by atoms with Crippen LogP contribution in [0.25, 0.3) is 0 Å². The Balaban J connectivity index is 1.74. The number of carbonyl (C=O) groups is 2. The standard InChI is InChI=1S/C18H19N3O2/c1-13-4-6-16(7-5-13)20-17(22)14-10-15(12-19-11-14)18(23)21-8-2-3-9-21/h4-7,10-12H,2-3,8-9H2,1H3,(H,20,22). The Kier molecular flexibility index (Phi) is 4.37. The second-order valence-electron chi connectivity index (χ2n) is 5.78. The number of amides is 2. The number of aryl methyl sites for hydroxylation is 1. The summed E-state index contributed by atoms with van der Waals surface area (Å²) in [5, 5.41) is 2.82. The van der Waals surface area contributed by atoms with Gasteiger partial charge in [0.2, 0.25) is 0 Å². The van der Waals surface area contributed by atoms with E-state index in [9.17, 15) is 9.59 Å². The van der Waals surface area contributed by atoms with Gasteiger partial charge in [-0.15, -0.1) is 0 Å². The molecule has 0 radical (unpaired) electrons. The van der Waals surface area contributed by atoms with Crippen LogP contribution in [0.5, 0.6) is 0 Å². The van der Waals surface area contributed by atoms with Crippen LogP contribution < -0.4 is 5.32 Å². The molecule has 1 aliphatic rings. The summed E-state index contributed by atoms with van der Waals surface area (Å²) in [4.78, 5) is 30.5. The molecule has 23 heavy (non-hydrogen) atoms. The van der Waals surface area contributed by atoms with Gasteiger partial charge in [0.25, 0.3) is 11.8 Å². The first kappa shape index (κ1) is 15.2. The fourth-order valence-electron chi connectivity index (χ4n) is 2.62. The molecular weight excluding hydrogens is 290 g/mol. The largest absolute Gasteiger partial charge is 0.339 e. The molecule has 1 aromatic heterocycles. The smallest absolute Gasteiger partial charge is 0.257 e. The number of pyridine rings is 1. The fourth-order valence-corrected chi connectivity index (χ4v) is 2.62. The number of nitrogens with zero attached hydrogens (tertiary/aromatic N) is 2. The Morgan fingerprint density at radius 3 is 2.39 bits per heavy atom. The first-order valence-electron chi connectivity index (χ1n) is 7.76. The Hall–Kier alpha value is -2.69. The van der Waals surface area contributed by atoms with E-state index in [0.29, 0.717) is 11.1 Å². The summed E-state index contributed by atoms with van der Waals surface area (Å²) < 4.78 is 0. The van der Waals surface area contributed by atoms with E-state index >= 15 is 0 Å². The van der Waals surface area contributed by atoms with Gasteiger partial charge >= 0.3 is 0 Å². The third kappa shape index (κ3) is 3.56. The molecule has 2 aromatic rings. The molecule has 1 fully saturated rings. The highest BCUT2D eigenvalue weighted by atomic mass is 16.2. The van der Waals surface area contributed by atoms with Gasteiger partial charge in [0.15, 0.2) is 0 Å². The van der Waals surface area contributed by atoms with Crippen LogP contribution in [0.15, 0.2) is 42.7 Å². The van der Waals surface area contributed by atoms with E-state index in [1.807, 2.05) is 31.2 Å². The summed E-state index contributed by atoms with van der Waals surface area (Å²) >= 11 is 0. The number of rotatable bonds is 3. The lowest BCUT2D eigenvalue weighted by Gasteiger charge is -2.15. The normalized spacial score (nSPS) is 13.9. The summed E-state index contributed by atoms with van der Waals surface area (Å²) in [6.07, 6.45) is 5.06. The average Bonchev–Trinajstić information content (AvgIpc) is 3.11. The van der Waals surface area contributed by atoms with Crippen molar-refractivity contribution >= 4 is 17.5 Å². The molecule has 0 atom stereocenters. The molecule has 5 heteroatoms. The number of anilines is 1. The molecule has 0 spiro atoms. The summed E-state index contributed by atoms with van der Waals surface area (Å²) in [5.41, 5.74) is 2.69. The quantitative estimate of drug-likeness (QED) is 0.948. The highest BCUT2D eigenvalue weighted by molar-refractivity contribution is 6.05. The molecule has 1 aromatic carbocycles. The summed E-state index contributed by atoms with van der Waals surface area (Å²) in [5.74, 6) is -0.322. The van der Waals surface area contributed by atoms with Crippen LogP contribution in [0.3, 0.4) is 0 Å². The van der Waals surface area contributed by atoms with E-state index < -0.39 is 0 Å². The van der Waals surface area contributed by atoms with E-state index in [0.717, 1.165) is 37.2 Å². The van der Waals surface area contributed by atoms with Crippen molar-refractivity contribution in [1.82, 2.24) is 9.88 Å². The number of hydrogen-bond donors (Lipinski definition) is 1. The number of benzene rings is 1. The zero-order valence-electron chi connectivity index (χ0n) is 13.1. The fraction of sp³-hybridized carbons (Fsp3) is 0.278. The average molecular weight is 309 g/mol. The Morgan fingerprint density at radius 1 is 1.04 bits per heavy atom. The SMILES string of the molecule is Cc1ccc(NC(=O)c2cncc(C(=O)N3CCCC3)c2)cc1. The zero-order valence-corrected chi connectivity index (χ0v) is 13.1. The van der Waals surface area contributed by atoms with Gasteiger partial charge in [0.1, 0.15) is 0 Å². The van der Waals surface area contributed by atoms with E-state index in [2.05, 4.69) is 10.3 Å². The van der Waals surface area contributed by atoms with E-state index in [4.69, 9.17) is 0 Å². The van der Waals surface area contributed by atoms with Gasteiger partial charge in [-0.05, 0) is 38.0 Å². The molecule has 1 N–H and O–H groups in total. The second kappa shape index (κ2) is 6.60. The number of aromatic nitrogens is 1. The van der Waals surface area contributed by atoms with Crippen molar-refractivity contribution in [2.75, 3.05) is 18.4 Å². The van der Waals surface area contributed by atoms with E-state index in [1.54, 1.807) is 11.0 Å². The monoisotopic (exact) mass is 309 g/mol. The third-order valence-corrected chi connectivity index (χ3v) is 3.95. The Labute approximate surface area is 135 Å². The molecule has 118 valence electrons. The van der Waals surface area contributed by atoms with Gasteiger partial charge < -0.3 is 10.2 Å². The molecular formula is C18H19N3O2. The van der Waals surface area contributed by atoms with Gasteiger partial charge in [-0.3, -0.25) is 14.6 Å². The first-order chi connectivity index (χ1) is 11.1. The molecule has 0 aliphatic carbocycles. The maximum atomic E-state index is 12.4. The lowest BCUT2D eigenvalue weighted by atomic mass is 10.1. The molecule has 5 nitrogen and oxygen atoms in total. The van der Waals surface area contributed by atoms with Gasteiger partial charge in [-0.25, -0.2) is 0 Å². The number of carbonyl (C=O) groups excluding carboxylic acids is 2. The van der Waals surface area contributed by atoms with Crippen molar-refractivity contribution in [3.63, 3.8) is 0 Å². The highest BCUT2D eigenvalue weighted by Gasteiger charge is 2.20. The van der Waals surface area contributed by atoms with Crippen molar-refractivity contribution < 1.29 is 9.59 Å². The van der Waals surface area contributed by atoms with Crippen LogP contribution >= 0.6 is 0 Å². The molecule has 2 amide bonds. The summed E-state index contributed by atoms with van der Waals surface area (Å²) in [6.45, 7) is 3.54. The van der Waals surface area contributed by atoms with Crippen molar-refractivity contribution in [3.05, 3.63) is 59.4 Å². The van der Waals surface area contributed by atoms with Crippen LogP contribution in [0.4, 0.5) is 5.69 Å². The molecule has 3 rings (SSSR count). The predicted octanol–water partition coefficient (Wildman–Crippen LogP) is 2.88. The van der Waals surface area contributed by atoms with Crippen LogP contribution in [-0.4, -0.2) is 34.8 Å². The van der Waals surface area contributed by atoms with Crippen LogP contribution in [-0.2, 0) is 0 Å². The maximum absolute atomic E-state index is 12.4.